The minimum Gasteiger partial charge on any atom is -0.344 e. The van der Waals surface area contributed by atoms with Crippen molar-refractivity contribution in [2.24, 2.45) is 0 Å². The summed E-state index contributed by atoms with van der Waals surface area (Å²) in [6.07, 6.45) is 0.897. The summed E-state index contributed by atoms with van der Waals surface area (Å²) in [5.74, 6) is -0.813. The average Bonchev–Trinajstić information content (AvgIpc) is 2.75. The van der Waals surface area contributed by atoms with Crippen LogP contribution in [0.25, 0.3) is 0 Å². The maximum absolute atomic E-state index is 11.5. The summed E-state index contributed by atoms with van der Waals surface area (Å²) < 4.78 is 33.2. The standard InChI is InChI=1S/C12H14O5S/c1-12(16-7-8-17-12)10-5-3-9(4-6-10)11(13)18(2,14)15/h3-6H,7-8H2,1-2H3. The molecule has 0 unspecified atom stereocenters. The van der Waals surface area contributed by atoms with E-state index in [-0.39, 0.29) is 5.56 Å². The van der Waals surface area contributed by atoms with Crippen LogP contribution < -0.4 is 0 Å². The number of carbonyl (C=O) groups is 1. The highest BCUT2D eigenvalue weighted by molar-refractivity contribution is 8.06. The predicted octanol–water partition coefficient (Wildman–Crippen LogP) is 1.09. The van der Waals surface area contributed by atoms with Crippen LogP contribution in [0.15, 0.2) is 24.3 Å². The molecule has 2 rings (SSSR count). The van der Waals surface area contributed by atoms with Crippen LogP contribution in [0.4, 0.5) is 0 Å². The van der Waals surface area contributed by atoms with E-state index >= 15 is 0 Å². The number of hydrogen-bond donors (Lipinski definition) is 0. The maximum atomic E-state index is 11.5. The van der Waals surface area contributed by atoms with Crippen molar-refractivity contribution < 1.29 is 22.7 Å². The highest BCUT2D eigenvalue weighted by Gasteiger charge is 2.33. The summed E-state index contributed by atoms with van der Waals surface area (Å²) in [4.78, 5) is 11.5. The smallest absolute Gasteiger partial charge is 0.276 e. The molecule has 1 heterocycles. The maximum Gasteiger partial charge on any atom is 0.276 e. The molecular weight excluding hydrogens is 256 g/mol. The van der Waals surface area contributed by atoms with Crippen molar-refractivity contribution in [2.75, 3.05) is 19.5 Å². The van der Waals surface area contributed by atoms with E-state index in [1.807, 2.05) is 0 Å². The lowest BCUT2D eigenvalue weighted by molar-refractivity contribution is -0.149. The molecule has 0 aromatic heterocycles. The predicted molar refractivity (Wildman–Crippen MR) is 64.9 cm³/mol. The van der Waals surface area contributed by atoms with E-state index in [9.17, 15) is 13.2 Å². The van der Waals surface area contributed by atoms with Gasteiger partial charge in [-0.2, -0.15) is 0 Å². The molecule has 1 aliphatic rings. The third-order valence-electron chi connectivity index (χ3n) is 2.82. The summed E-state index contributed by atoms with van der Waals surface area (Å²) in [6.45, 7) is 2.81. The van der Waals surface area contributed by atoms with Gasteiger partial charge in [0.1, 0.15) is 0 Å². The van der Waals surface area contributed by atoms with Crippen molar-refractivity contribution in [1.82, 2.24) is 0 Å². The minimum absolute atomic E-state index is 0.142. The molecule has 0 bridgehead atoms. The van der Waals surface area contributed by atoms with E-state index in [1.165, 1.54) is 12.1 Å². The van der Waals surface area contributed by atoms with Crippen LogP contribution in [-0.2, 0) is 25.1 Å². The van der Waals surface area contributed by atoms with Gasteiger partial charge in [0.2, 0.25) is 9.84 Å². The van der Waals surface area contributed by atoms with Gasteiger partial charge in [0.05, 0.1) is 13.2 Å². The number of hydrogen-bond acceptors (Lipinski definition) is 5. The van der Waals surface area contributed by atoms with Crippen molar-refractivity contribution in [3.05, 3.63) is 35.4 Å². The molecule has 1 aliphatic heterocycles. The fourth-order valence-corrected chi connectivity index (χ4v) is 2.37. The Kier molecular flexibility index (Phi) is 3.27. The molecule has 0 N–H and O–H groups in total. The van der Waals surface area contributed by atoms with Gasteiger partial charge in [-0.05, 0) is 19.1 Å². The second-order valence-corrected chi connectivity index (χ2v) is 6.19. The third-order valence-corrected chi connectivity index (χ3v) is 3.73. The zero-order chi connectivity index (χ0) is 13.4. The molecule has 18 heavy (non-hydrogen) atoms. The molecule has 1 saturated heterocycles. The molecule has 0 radical (unpaired) electrons. The monoisotopic (exact) mass is 270 g/mol. The van der Waals surface area contributed by atoms with Crippen LogP contribution in [0.5, 0.6) is 0 Å². The van der Waals surface area contributed by atoms with Crippen LogP contribution >= 0.6 is 0 Å². The Hall–Kier alpha value is -1.24. The molecule has 0 saturated carbocycles. The summed E-state index contributed by atoms with van der Waals surface area (Å²) in [5.41, 5.74) is 0.896. The van der Waals surface area contributed by atoms with Gasteiger partial charge in [0.25, 0.3) is 5.12 Å². The zero-order valence-electron chi connectivity index (χ0n) is 10.2. The van der Waals surface area contributed by atoms with E-state index < -0.39 is 20.7 Å². The van der Waals surface area contributed by atoms with E-state index in [4.69, 9.17) is 9.47 Å². The van der Waals surface area contributed by atoms with E-state index in [1.54, 1.807) is 19.1 Å². The number of sulfone groups is 1. The number of carbonyl (C=O) groups excluding carboxylic acids is 1. The van der Waals surface area contributed by atoms with Crippen LogP contribution in [-0.4, -0.2) is 33.0 Å². The fourth-order valence-electron chi connectivity index (χ4n) is 1.80. The second kappa shape index (κ2) is 4.46. The first-order valence-electron chi connectivity index (χ1n) is 5.46. The van der Waals surface area contributed by atoms with E-state index in [0.29, 0.717) is 13.2 Å². The second-order valence-electron chi connectivity index (χ2n) is 4.28. The molecule has 0 aliphatic carbocycles. The first kappa shape index (κ1) is 13.2. The quantitative estimate of drug-likeness (QED) is 0.804. The molecule has 1 aromatic rings. The SMILES string of the molecule is CC1(c2ccc(C(=O)S(C)(=O)=O)cc2)OCCO1. The number of benzene rings is 1. The summed E-state index contributed by atoms with van der Waals surface area (Å²) in [6, 6.07) is 6.22. The lowest BCUT2D eigenvalue weighted by Gasteiger charge is -2.22. The molecule has 0 amide bonds. The average molecular weight is 270 g/mol. The molecular formula is C12H14O5S. The van der Waals surface area contributed by atoms with Crippen molar-refractivity contribution >= 4 is 15.0 Å². The lowest BCUT2D eigenvalue weighted by atomic mass is 10.1. The van der Waals surface area contributed by atoms with Crippen LogP contribution in [0, 0.1) is 0 Å². The summed E-state index contributed by atoms with van der Waals surface area (Å²) in [5, 5.41) is -0.882. The first-order valence-corrected chi connectivity index (χ1v) is 7.35. The Morgan fingerprint density at radius 3 is 2.11 bits per heavy atom. The molecule has 1 fully saturated rings. The third kappa shape index (κ3) is 2.45. The highest BCUT2D eigenvalue weighted by atomic mass is 32.2. The fraction of sp³-hybridized carbons (Fsp3) is 0.417. The molecule has 6 heteroatoms. The molecule has 0 spiro atoms. The highest BCUT2D eigenvalue weighted by Crippen LogP contribution is 2.30. The normalized spacial score (nSPS) is 18.8. The number of ether oxygens (including phenoxy) is 2. The van der Waals surface area contributed by atoms with Crippen molar-refractivity contribution in [1.29, 1.82) is 0 Å². The van der Waals surface area contributed by atoms with E-state index in [2.05, 4.69) is 0 Å². The Morgan fingerprint density at radius 1 is 1.17 bits per heavy atom. The Bertz CT molecular complexity index is 553. The molecule has 0 atom stereocenters. The minimum atomic E-state index is -3.70. The Balaban J connectivity index is 2.28. The molecule has 98 valence electrons. The lowest BCUT2D eigenvalue weighted by Crippen LogP contribution is -2.22. The van der Waals surface area contributed by atoms with Crippen LogP contribution in [0.2, 0.25) is 0 Å². The van der Waals surface area contributed by atoms with Crippen molar-refractivity contribution in [2.45, 2.75) is 12.7 Å². The van der Waals surface area contributed by atoms with Gasteiger partial charge in [0, 0.05) is 17.4 Å². The Labute approximate surface area is 106 Å². The molecule has 5 nitrogen and oxygen atoms in total. The van der Waals surface area contributed by atoms with Crippen LogP contribution in [0.1, 0.15) is 22.8 Å². The van der Waals surface area contributed by atoms with Gasteiger partial charge in [-0.15, -0.1) is 0 Å². The molecule has 1 aromatic carbocycles. The van der Waals surface area contributed by atoms with Gasteiger partial charge >= 0.3 is 0 Å². The van der Waals surface area contributed by atoms with Gasteiger partial charge in [-0.3, -0.25) is 4.79 Å². The summed E-state index contributed by atoms with van der Waals surface area (Å²) >= 11 is 0. The van der Waals surface area contributed by atoms with Gasteiger partial charge in [-0.1, -0.05) is 12.1 Å². The zero-order valence-corrected chi connectivity index (χ0v) is 11.0. The van der Waals surface area contributed by atoms with Crippen molar-refractivity contribution in [3.8, 4) is 0 Å². The van der Waals surface area contributed by atoms with Gasteiger partial charge in [-0.25, -0.2) is 8.42 Å². The largest absolute Gasteiger partial charge is 0.344 e. The van der Waals surface area contributed by atoms with Gasteiger partial charge in [0.15, 0.2) is 5.79 Å². The number of rotatable bonds is 2. The topological polar surface area (TPSA) is 69.7 Å². The van der Waals surface area contributed by atoms with E-state index in [0.717, 1.165) is 11.8 Å². The Morgan fingerprint density at radius 2 is 1.67 bits per heavy atom. The van der Waals surface area contributed by atoms with Crippen molar-refractivity contribution in [3.63, 3.8) is 0 Å². The first-order chi connectivity index (χ1) is 8.33. The van der Waals surface area contributed by atoms with Crippen LogP contribution in [0.3, 0.4) is 0 Å². The summed E-state index contributed by atoms with van der Waals surface area (Å²) in [7, 11) is -3.70. The van der Waals surface area contributed by atoms with Gasteiger partial charge < -0.3 is 9.47 Å².